The van der Waals surface area contributed by atoms with Crippen molar-refractivity contribution in [2.75, 3.05) is 13.2 Å². The largest absolute Gasteiger partial charge is 0.490 e. The summed E-state index contributed by atoms with van der Waals surface area (Å²) in [5.41, 5.74) is 0.425. The maximum Gasteiger partial charge on any atom is 0.330 e. The van der Waals surface area contributed by atoms with Gasteiger partial charge in [-0.25, -0.2) is 8.78 Å². The van der Waals surface area contributed by atoms with Crippen molar-refractivity contribution in [3.63, 3.8) is 0 Å². The van der Waals surface area contributed by atoms with Crippen LogP contribution in [-0.2, 0) is 4.74 Å². The summed E-state index contributed by atoms with van der Waals surface area (Å²) in [6, 6.07) is 6.54. The summed E-state index contributed by atoms with van der Waals surface area (Å²) < 4.78 is 59.2. The van der Waals surface area contributed by atoms with E-state index in [0.717, 1.165) is 12.8 Å². The van der Waals surface area contributed by atoms with E-state index >= 15 is 0 Å². The molecule has 0 heterocycles. The van der Waals surface area contributed by atoms with Crippen LogP contribution in [0.25, 0.3) is 0 Å². The first-order chi connectivity index (χ1) is 9.88. The second-order valence-electron chi connectivity index (χ2n) is 4.98. The summed E-state index contributed by atoms with van der Waals surface area (Å²) in [5, 5.41) is 9.82. The predicted octanol–water partition coefficient (Wildman–Crippen LogP) is 3.18. The predicted molar refractivity (Wildman–Crippen MR) is 66.8 cm³/mol. The van der Waals surface area contributed by atoms with Crippen LogP contribution >= 0.6 is 0 Å². The van der Waals surface area contributed by atoms with Gasteiger partial charge < -0.3 is 14.6 Å². The zero-order valence-electron chi connectivity index (χ0n) is 11.1. The lowest BCUT2D eigenvalue weighted by Gasteiger charge is -2.17. The van der Waals surface area contributed by atoms with Crippen LogP contribution in [-0.4, -0.2) is 36.8 Å². The monoisotopic (exact) mass is 308 g/mol. The number of ether oxygens (including phenoxy) is 2. The highest BCUT2D eigenvalue weighted by Gasteiger charge is 2.41. The molecule has 1 saturated carbocycles. The van der Waals surface area contributed by atoms with Crippen molar-refractivity contribution in [2.24, 2.45) is 0 Å². The fourth-order valence-electron chi connectivity index (χ4n) is 1.64. The molecular weight excluding hydrogens is 292 g/mol. The van der Waals surface area contributed by atoms with Crippen LogP contribution in [0.2, 0.25) is 0 Å². The Morgan fingerprint density at radius 2 is 2.00 bits per heavy atom. The molecule has 1 atom stereocenters. The molecule has 1 fully saturated rings. The maximum absolute atomic E-state index is 12.6. The second kappa shape index (κ2) is 6.62. The van der Waals surface area contributed by atoms with Crippen LogP contribution in [0.3, 0.4) is 0 Å². The SMILES string of the molecule is OC(COCC(F)(F)C(F)F)c1cccc(OC2CC2)c1. The summed E-state index contributed by atoms with van der Waals surface area (Å²) in [7, 11) is 0. The van der Waals surface area contributed by atoms with E-state index in [-0.39, 0.29) is 6.10 Å². The van der Waals surface area contributed by atoms with E-state index in [0.29, 0.717) is 11.3 Å². The first-order valence-electron chi connectivity index (χ1n) is 6.57. The number of hydrogen-bond donors (Lipinski definition) is 1. The molecule has 0 aliphatic heterocycles. The Morgan fingerprint density at radius 1 is 1.29 bits per heavy atom. The number of rotatable bonds is 8. The van der Waals surface area contributed by atoms with Crippen LogP contribution in [0, 0.1) is 0 Å². The summed E-state index contributed by atoms with van der Waals surface area (Å²) in [6.07, 6.45) is -2.80. The van der Waals surface area contributed by atoms with E-state index in [1.807, 2.05) is 0 Å². The molecule has 2 rings (SSSR count). The average Bonchev–Trinajstić information content (AvgIpc) is 3.22. The van der Waals surface area contributed by atoms with Crippen molar-refractivity contribution in [2.45, 2.75) is 37.4 Å². The lowest BCUT2D eigenvalue weighted by atomic mass is 10.1. The molecule has 0 saturated heterocycles. The van der Waals surface area contributed by atoms with E-state index in [2.05, 4.69) is 4.74 Å². The smallest absolute Gasteiger partial charge is 0.330 e. The molecular formula is C14H16F4O3. The molecule has 1 aliphatic carbocycles. The minimum Gasteiger partial charge on any atom is -0.490 e. The van der Waals surface area contributed by atoms with Crippen molar-refractivity contribution in [3.05, 3.63) is 29.8 Å². The van der Waals surface area contributed by atoms with Crippen molar-refractivity contribution in [1.82, 2.24) is 0 Å². The Morgan fingerprint density at radius 3 is 2.62 bits per heavy atom. The fourth-order valence-corrected chi connectivity index (χ4v) is 1.64. The minimum atomic E-state index is -4.21. The number of hydrogen-bond acceptors (Lipinski definition) is 3. The topological polar surface area (TPSA) is 38.7 Å². The van der Waals surface area contributed by atoms with E-state index in [1.165, 1.54) is 0 Å². The Hall–Kier alpha value is -1.34. The van der Waals surface area contributed by atoms with Crippen LogP contribution < -0.4 is 4.74 Å². The van der Waals surface area contributed by atoms with Crippen molar-refractivity contribution < 1.29 is 32.1 Å². The van der Waals surface area contributed by atoms with Gasteiger partial charge in [0.15, 0.2) is 0 Å². The summed E-state index contributed by atoms with van der Waals surface area (Å²) >= 11 is 0. The molecule has 1 N–H and O–H groups in total. The molecule has 0 aromatic heterocycles. The third-order valence-electron chi connectivity index (χ3n) is 2.96. The third-order valence-corrected chi connectivity index (χ3v) is 2.96. The molecule has 1 aromatic rings. The van der Waals surface area contributed by atoms with E-state index in [1.54, 1.807) is 24.3 Å². The molecule has 0 amide bonds. The fraction of sp³-hybridized carbons (Fsp3) is 0.571. The number of aliphatic hydroxyl groups excluding tert-OH is 1. The Bertz CT molecular complexity index is 463. The van der Waals surface area contributed by atoms with Gasteiger partial charge in [0.1, 0.15) is 18.5 Å². The van der Waals surface area contributed by atoms with Gasteiger partial charge in [-0.2, -0.15) is 8.78 Å². The number of halogens is 4. The molecule has 1 aromatic carbocycles. The Labute approximate surface area is 119 Å². The summed E-state index contributed by atoms with van der Waals surface area (Å²) in [5.74, 6) is -3.64. The zero-order chi connectivity index (χ0) is 15.5. The molecule has 3 nitrogen and oxygen atoms in total. The molecule has 0 bridgehead atoms. The van der Waals surface area contributed by atoms with Crippen LogP contribution in [0.15, 0.2) is 24.3 Å². The number of benzene rings is 1. The highest BCUT2D eigenvalue weighted by atomic mass is 19.3. The Balaban J connectivity index is 1.83. The molecule has 21 heavy (non-hydrogen) atoms. The van der Waals surface area contributed by atoms with Gasteiger partial charge >= 0.3 is 12.3 Å². The van der Waals surface area contributed by atoms with E-state index < -0.39 is 31.7 Å². The van der Waals surface area contributed by atoms with E-state index in [9.17, 15) is 22.7 Å². The number of aliphatic hydroxyl groups is 1. The summed E-state index contributed by atoms with van der Waals surface area (Å²) in [4.78, 5) is 0. The van der Waals surface area contributed by atoms with Gasteiger partial charge in [0.2, 0.25) is 0 Å². The first-order valence-corrected chi connectivity index (χ1v) is 6.57. The van der Waals surface area contributed by atoms with Gasteiger partial charge in [0.25, 0.3) is 0 Å². The second-order valence-corrected chi connectivity index (χ2v) is 4.98. The van der Waals surface area contributed by atoms with Gasteiger partial charge in [0.05, 0.1) is 12.7 Å². The molecule has 0 spiro atoms. The van der Waals surface area contributed by atoms with Crippen LogP contribution in [0.4, 0.5) is 17.6 Å². The average molecular weight is 308 g/mol. The maximum atomic E-state index is 12.6. The Kier molecular flexibility index (Phi) is 5.05. The third kappa shape index (κ3) is 4.86. The standard InChI is InChI=1S/C14H16F4O3/c15-13(16)14(17,18)8-20-7-12(19)9-2-1-3-11(6-9)21-10-4-5-10/h1-3,6,10,12-13,19H,4-5,7-8H2. The normalized spacial score (nSPS) is 17.0. The van der Waals surface area contributed by atoms with Crippen LogP contribution in [0.1, 0.15) is 24.5 Å². The molecule has 7 heteroatoms. The highest BCUT2D eigenvalue weighted by Crippen LogP contribution is 2.28. The summed E-state index contributed by atoms with van der Waals surface area (Å²) in [6.45, 7) is -1.92. The van der Waals surface area contributed by atoms with Gasteiger partial charge in [-0.15, -0.1) is 0 Å². The highest BCUT2D eigenvalue weighted by molar-refractivity contribution is 5.30. The van der Waals surface area contributed by atoms with Crippen molar-refractivity contribution >= 4 is 0 Å². The van der Waals surface area contributed by atoms with E-state index in [4.69, 9.17) is 4.74 Å². The quantitative estimate of drug-likeness (QED) is 0.750. The lowest BCUT2D eigenvalue weighted by molar-refractivity contribution is -0.170. The van der Waals surface area contributed by atoms with Gasteiger partial charge in [-0.05, 0) is 30.5 Å². The van der Waals surface area contributed by atoms with Gasteiger partial charge in [-0.3, -0.25) is 0 Å². The zero-order valence-corrected chi connectivity index (χ0v) is 11.1. The molecule has 1 aliphatic rings. The molecule has 118 valence electrons. The van der Waals surface area contributed by atoms with Gasteiger partial charge in [0, 0.05) is 0 Å². The first kappa shape index (κ1) is 16.0. The minimum absolute atomic E-state index is 0.193. The van der Waals surface area contributed by atoms with Crippen molar-refractivity contribution in [1.29, 1.82) is 0 Å². The van der Waals surface area contributed by atoms with Crippen LogP contribution in [0.5, 0.6) is 5.75 Å². The number of alkyl halides is 4. The van der Waals surface area contributed by atoms with Crippen molar-refractivity contribution in [3.8, 4) is 5.75 Å². The van der Waals surface area contributed by atoms with Gasteiger partial charge in [-0.1, -0.05) is 12.1 Å². The molecule has 0 radical (unpaired) electrons. The lowest BCUT2D eigenvalue weighted by Crippen LogP contribution is -2.33. The molecule has 1 unspecified atom stereocenters.